The molecule has 0 bridgehead atoms. The molecule has 0 aliphatic heterocycles. The second-order valence-electron chi connectivity index (χ2n) is 5.80. The summed E-state index contributed by atoms with van der Waals surface area (Å²) < 4.78 is 8.36. The number of hydrogen-bond donors (Lipinski definition) is 1. The fourth-order valence-electron chi connectivity index (χ4n) is 2.56. The van der Waals surface area contributed by atoms with E-state index in [4.69, 9.17) is 4.42 Å². The largest absolute Gasteiger partial charge is 0.467 e. The van der Waals surface area contributed by atoms with Crippen molar-refractivity contribution in [2.45, 2.75) is 11.7 Å². The van der Waals surface area contributed by atoms with Gasteiger partial charge in [-0.2, -0.15) is 10.4 Å². The molecule has 0 fully saturated rings. The van der Waals surface area contributed by atoms with E-state index < -0.39 is 0 Å². The maximum atomic E-state index is 12.5. The SMILES string of the molecule is N#Cc1cnn(-c2ccccc2)c1NC(=O)CSc1nnnn1Cc1ccco1. The molecule has 0 aliphatic rings. The molecule has 3 heterocycles. The second-order valence-corrected chi connectivity index (χ2v) is 6.74. The number of hydrogen-bond acceptors (Lipinski definition) is 8. The van der Waals surface area contributed by atoms with E-state index in [1.165, 1.54) is 22.6 Å². The van der Waals surface area contributed by atoms with E-state index in [-0.39, 0.29) is 17.2 Å². The zero-order valence-corrected chi connectivity index (χ0v) is 15.8. The first-order valence-electron chi connectivity index (χ1n) is 8.49. The van der Waals surface area contributed by atoms with E-state index in [9.17, 15) is 10.1 Å². The summed E-state index contributed by atoms with van der Waals surface area (Å²) in [5.41, 5.74) is 1.01. The zero-order valence-electron chi connectivity index (χ0n) is 15.0. The average molecular weight is 406 g/mol. The van der Waals surface area contributed by atoms with Gasteiger partial charge in [-0.3, -0.25) is 4.79 Å². The van der Waals surface area contributed by atoms with Gasteiger partial charge >= 0.3 is 0 Å². The molecule has 1 amide bonds. The van der Waals surface area contributed by atoms with Crippen LogP contribution < -0.4 is 5.32 Å². The maximum Gasteiger partial charge on any atom is 0.236 e. The molecule has 11 heteroatoms. The number of thioether (sulfide) groups is 1. The fourth-order valence-corrected chi connectivity index (χ4v) is 3.24. The van der Waals surface area contributed by atoms with Gasteiger partial charge in [-0.25, -0.2) is 9.36 Å². The lowest BCUT2D eigenvalue weighted by Gasteiger charge is -2.09. The van der Waals surface area contributed by atoms with Crippen LogP contribution in [-0.4, -0.2) is 41.6 Å². The van der Waals surface area contributed by atoms with Crippen LogP contribution in [0.4, 0.5) is 5.82 Å². The Kier molecular flexibility index (Phi) is 5.35. The van der Waals surface area contributed by atoms with Crippen LogP contribution in [0.2, 0.25) is 0 Å². The highest BCUT2D eigenvalue weighted by Gasteiger charge is 2.17. The number of para-hydroxylation sites is 1. The van der Waals surface area contributed by atoms with E-state index in [0.717, 1.165) is 5.69 Å². The third-order valence-electron chi connectivity index (χ3n) is 3.87. The average Bonchev–Trinajstić information content (AvgIpc) is 3.49. The Balaban J connectivity index is 1.44. The first-order chi connectivity index (χ1) is 14.2. The number of nitriles is 1. The van der Waals surface area contributed by atoms with Crippen LogP contribution in [-0.2, 0) is 11.3 Å². The van der Waals surface area contributed by atoms with E-state index in [1.807, 2.05) is 42.5 Å². The summed E-state index contributed by atoms with van der Waals surface area (Å²) in [6.07, 6.45) is 2.99. The molecule has 0 saturated carbocycles. The number of carbonyl (C=O) groups excluding carboxylic acids is 1. The number of benzene rings is 1. The molecule has 0 saturated heterocycles. The third-order valence-corrected chi connectivity index (χ3v) is 4.82. The molecule has 0 radical (unpaired) electrons. The van der Waals surface area contributed by atoms with Gasteiger partial charge in [-0.1, -0.05) is 30.0 Å². The Morgan fingerprint density at radius 2 is 2.10 bits per heavy atom. The lowest BCUT2D eigenvalue weighted by atomic mass is 10.3. The minimum Gasteiger partial charge on any atom is -0.467 e. The van der Waals surface area contributed by atoms with Crippen molar-refractivity contribution in [3.63, 3.8) is 0 Å². The highest BCUT2D eigenvalue weighted by Crippen LogP contribution is 2.21. The molecule has 1 N–H and O–H groups in total. The molecule has 0 unspecified atom stereocenters. The van der Waals surface area contributed by atoms with Crippen molar-refractivity contribution < 1.29 is 9.21 Å². The highest BCUT2D eigenvalue weighted by atomic mass is 32.2. The van der Waals surface area contributed by atoms with E-state index in [0.29, 0.717) is 23.3 Å². The number of tetrazole rings is 1. The van der Waals surface area contributed by atoms with Gasteiger partial charge in [0.2, 0.25) is 11.1 Å². The van der Waals surface area contributed by atoms with Crippen molar-refractivity contribution in [3.05, 3.63) is 66.2 Å². The second kappa shape index (κ2) is 8.41. The minimum absolute atomic E-state index is 0.0589. The Labute approximate surface area is 169 Å². The third kappa shape index (κ3) is 4.17. The zero-order chi connectivity index (χ0) is 20.1. The standard InChI is InChI=1S/C18H14N8O2S/c19-9-13-10-20-26(14-5-2-1-3-6-14)17(13)21-16(27)12-29-18-22-23-24-25(18)11-15-7-4-8-28-15/h1-8,10H,11-12H2,(H,21,27). The lowest BCUT2D eigenvalue weighted by molar-refractivity contribution is -0.113. The number of furan rings is 1. The molecule has 4 rings (SSSR count). The molecular weight excluding hydrogens is 392 g/mol. The summed E-state index contributed by atoms with van der Waals surface area (Å²) in [6, 6.07) is 14.9. The van der Waals surface area contributed by atoms with Crippen molar-refractivity contribution in [3.8, 4) is 11.8 Å². The van der Waals surface area contributed by atoms with Crippen molar-refractivity contribution >= 4 is 23.5 Å². The van der Waals surface area contributed by atoms with Crippen molar-refractivity contribution in [1.82, 2.24) is 30.0 Å². The summed E-state index contributed by atoms with van der Waals surface area (Å²) in [5.74, 6) is 0.772. The molecule has 0 aliphatic carbocycles. The van der Waals surface area contributed by atoms with Crippen molar-refractivity contribution in [1.29, 1.82) is 5.26 Å². The van der Waals surface area contributed by atoms with E-state index in [1.54, 1.807) is 17.0 Å². The topological polar surface area (TPSA) is 127 Å². The smallest absolute Gasteiger partial charge is 0.236 e. The summed E-state index contributed by atoms with van der Waals surface area (Å²) in [6.45, 7) is 0.364. The van der Waals surface area contributed by atoms with Gasteiger partial charge in [0.05, 0.1) is 23.9 Å². The molecule has 0 atom stereocenters. The number of nitrogens with one attached hydrogen (secondary N) is 1. The first kappa shape index (κ1) is 18.5. The van der Waals surface area contributed by atoms with Crippen LogP contribution in [0.25, 0.3) is 5.69 Å². The monoisotopic (exact) mass is 406 g/mol. The molecule has 1 aromatic carbocycles. The molecule has 10 nitrogen and oxygen atoms in total. The van der Waals surface area contributed by atoms with Gasteiger partial charge in [0.25, 0.3) is 0 Å². The maximum absolute atomic E-state index is 12.5. The van der Waals surface area contributed by atoms with Gasteiger partial charge in [0.15, 0.2) is 5.82 Å². The highest BCUT2D eigenvalue weighted by molar-refractivity contribution is 7.99. The van der Waals surface area contributed by atoms with Crippen LogP contribution >= 0.6 is 11.8 Å². The Hall–Kier alpha value is -3.91. The number of aromatic nitrogens is 6. The van der Waals surface area contributed by atoms with Crippen molar-refractivity contribution in [2.75, 3.05) is 11.1 Å². The summed E-state index contributed by atoms with van der Waals surface area (Å²) >= 11 is 1.18. The van der Waals surface area contributed by atoms with Gasteiger partial charge in [-0.15, -0.1) is 5.10 Å². The molecular formula is C18H14N8O2S. The first-order valence-corrected chi connectivity index (χ1v) is 9.48. The Bertz CT molecular complexity index is 1140. The van der Waals surface area contributed by atoms with Crippen molar-refractivity contribution in [2.24, 2.45) is 0 Å². The predicted octanol–water partition coefficient (Wildman–Crippen LogP) is 2.10. The Morgan fingerprint density at radius 3 is 2.86 bits per heavy atom. The van der Waals surface area contributed by atoms with Gasteiger partial charge in [0.1, 0.15) is 23.9 Å². The summed E-state index contributed by atoms with van der Waals surface area (Å²) in [5, 5.41) is 28.3. The number of carbonyl (C=O) groups is 1. The number of rotatable bonds is 7. The fraction of sp³-hybridized carbons (Fsp3) is 0.111. The van der Waals surface area contributed by atoms with Crippen LogP contribution in [0, 0.1) is 11.3 Å². The van der Waals surface area contributed by atoms with Crippen LogP contribution in [0.15, 0.2) is 64.5 Å². The quantitative estimate of drug-likeness (QED) is 0.462. The van der Waals surface area contributed by atoms with Crippen LogP contribution in [0.3, 0.4) is 0 Å². The molecule has 29 heavy (non-hydrogen) atoms. The Morgan fingerprint density at radius 1 is 1.24 bits per heavy atom. The van der Waals surface area contributed by atoms with Crippen LogP contribution in [0.5, 0.6) is 0 Å². The minimum atomic E-state index is -0.309. The number of nitrogens with zero attached hydrogens (tertiary/aromatic N) is 7. The van der Waals surface area contributed by atoms with Gasteiger partial charge < -0.3 is 9.73 Å². The van der Waals surface area contributed by atoms with Gasteiger partial charge in [0, 0.05) is 0 Å². The predicted molar refractivity (Wildman–Crippen MR) is 103 cm³/mol. The van der Waals surface area contributed by atoms with Crippen LogP contribution in [0.1, 0.15) is 11.3 Å². The van der Waals surface area contributed by atoms with E-state index in [2.05, 4.69) is 25.9 Å². The number of anilines is 1. The summed E-state index contributed by atoms with van der Waals surface area (Å²) in [4.78, 5) is 12.5. The molecule has 144 valence electrons. The molecule has 0 spiro atoms. The lowest BCUT2D eigenvalue weighted by Crippen LogP contribution is -2.18. The number of amides is 1. The normalized spacial score (nSPS) is 10.6. The summed E-state index contributed by atoms with van der Waals surface area (Å²) in [7, 11) is 0. The van der Waals surface area contributed by atoms with Gasteiger partial charge in [-0.05, 0) is 34.7 Å². The van der Waals surface area contributed by atoms with E-state index >= 15 is 0 Å². The molecule has 3 aromatic heterocycles. The molecule has 4 aromatic rings.